The Balaban J connectivity index is 0.00000300. The zero-order valence-electron chi connectivity index (χ0n) is 16.9. The van der Waals surface area contributed by atoms with Crippen LogP contribution in [0.1, 0.15) is 18.0 Å². The van der Waals surface area contributed by atoms with Crippen molar-refractivity contribution in [1.82, 2.24) is 10.2 Å². The third-order valence-corrected chi connectivity index (χ3v) is 4.55. The highest BCUT2D eigenvalue weighted by Crippen LogP contribution is 2.32. The third-order valence-electron chi connectivity index (χ3n) is 4.55. The van der Waals surface area contributed by atoms with Gasteiger partial charge in [0.1, 0.15) is 5.82 Å². The fourth-order valence-electron chi connectivity index (χ4n) is 3.06. The Labute approximate surface area is 188 Å². The summed E-state index contributed by atoms with van der Waals surface area (Å²) in [6, 6.07) is 12.4. The van der Waals surface area contributed by atoms with Gasteiger partial charge in [0, 0.05) is 31.8 Å². The number of guanidine groups is 1. The van der Waals surface area contributed by atoms with E-state index in [2.05, 4.69) is 15.6 Å². The van der Waals surface area contributed by atoms with Crippen LogP contribution in [0.3, 0.4) is 0 Å². The van der Waals surface area contributed by atoms with E-state index in [0.29, 0.717) is 25.7 Å². The first-order chi connectivity index (χ1) is 13.6. The molecule has 0 fully saturated rings. The molecule has 1 heterocycles. The van der Waals surface area contributed by atoms with E-state index in [-0.39, 0.29) is 35.8 Å². The van der Waals surface area contributed by atoms with Crippen molar-refractivity contribution in [3.8, 4) is 11.5 Å². The van der Waals surface area contributed by atoms with Crippen molar-refractivity contribution in [2.75, 3.05) is 46.2 Å². The second-order valence-electron chi connectivity index (χ2n) is 6.82. The summed E-state index contributed by atoms with van der Waals surface area (Å²) < 4.78 is 25.0. The van der Waals surface area contributed by atoms with E-state index >= 15 is 0 Å². The Hall–Kier alpha value is -2.07. The number of halogens is 2. The normalized spacial score (nSPS) is 14.6. The second-order valence-corrected chi connectivity index (χ2v) is 6.82. The number of benzene rings is 2. The lowest BCUT2D eigenvalue weighted by Crippen LogP contribution is -2.38. The first-order valence-corrected chi connectivity index (χ1v) is 9.36. The number of aliphatic imine (C=N–C) groups is 1. The molecule has 2 aromatic rings. The van der Waals surface area contributed by atoms with E-state index in [4.69, 9.17) is 9.47 Å². The monoisotopic (exact) mass is 514 g/mol. The summed E-state index contributed by atoms with van der Waals surface area (Å²) in [4.78, 5) is 6.33. The minimum Gasteiger partial charge on any atom is -0.490 e. The molecule has 2 N–H and O–H groups in total. The molecule has 29 heavy (non-hydrogen) atoms. The molecular weight excluding hydrogens is 486 g/mol. The van der Waals surface area contributed by atoms with Crippen molar-refractivity contribution >= 4 is 35.6 Å². The minimum absolute atomic E-state index is 0. The summed E-state index contributed by atoms with van der Waals surface area (Å²) in [5, 5.41) is 6.58. The Morgan fingerprint density at radius 1 is 1.14 bits per heavy atom. The molecule has 0 amide bonds. The van der Waals surface area contributed by atoms with Crippen LogP contribution >= 0.6 is 24.0 Å². The maximum Gasteiger partial charge on any atom is 0.195 e. The van der Waals surface area contributed by atoms with Crippen LogP contribution < -0.4 is 20.1 Å². The predicted molar refractivity (Wildman–Crippen MR) is 125 cm³/mol. The number of ether oxygens (including phenoxy) is 2. The summed E-state index contributed by atoms with van der Waals surface area (Å²) in [6.07, 6.45) is 0.868. The molecule has 0 radical (unpaired) electrons. The molecular formula is C21H28FIN4O2. The lowest BCUT2D eigenvalue weighted by atomic mass is 10.1. The Kier molecular flexibility index (Phi) is 8.97. The van der Waals surface area contributed by atoms with Gasteiger partial charge in [-0.25, -0.2) is 4.39 Å². The van der Waals surface area contributed by atoms with Crippen LogP contribution in [0.2, 0.25) is 0 Å². The molecule has 158 valence electrons. The van der Waals surface area contributed by atoms with Crippen LogP contribution in [-0.4, -0.2) is 51.8 Å². The van der Waals surface area contributed by atoms with Gasteiger partial charge in [0.2, 0.25) is 0 Å². The molecule has 0 saturated heterocycles. The Morgan fingerprint density at radius 2 is 1.90 bits per heavy atom. The zero-order chi connectivity index (χ0) is 19.9. The number of rotatable bonds is 5. The van der Waals surface area contributed by atoms with Crippen LogP contribution in [-0.2, 0) is 0 Å². The number of hydrogen-bond acceptors (Lipinski definition) is 4. The van der Waals surface area contributed by atoms with Crippen LogP contribution in [0.5, 0.6) is 11.5 Å². The summed E-state index contributed by atoms with van der Waals surface area (Å²) in [5.74, 6) is 1.87. The van der Waals surface area contributed by atoms with Gasteiger partial charge in [-0.3, -0.25) is 4.99 Å². The van der Waals surface area contributed by atoms with Crippen LogP contribution in [0.4, 0.5) is 10.1 Å². The fourth-order valence-corrected chi connectivity index (χ4v) is 3.06. The number of nitrogens with one attached hydrogen (secondary N) is 2. The quantitative estimate of drug-likeness (QED) is 0.360. The SMILES string of the molecule is CN=C(NCC(c1cccc(F)c1)N(C)C)Nc1ccc2c(c1)OCCCO2.I. The van der Waals surface area contributed by atoms with Gasteiger partial charge in [-0.05, 0) is 43.9 Å². The predicted octanol–water partition coefficient (Wildman–Crippen LogP) is 3.90. The van der Waals surface area contributed by atoms with Gasteiger partial charge in [0.25, 0.3) is 0 Å². The van der Waals surface area contributed by atoms with Crippen molar-refractivity contribution in [2.24, 2.45) is 4.99 Å². The molecule has 0 saturated carbocycles. The van der Waals surface area contributed by atoms with Gasteiger partial charge in [-0.1, -0.05) is 12.1 Å². The van der Waals surface area contributed by atoms with Gasteiger partial charge < -0.3 is 25.0 Å². The Bertz CT molecular complexity index is 832. The molecule has 8 heteroatoms. The third kappa shape index (κ3) is 6.46. The summed E-state index contributed by atoms with van der Waals surface area (Å²) in [5.41, 5.74) is 1.76. The summed E-state index contributed by atoms with van der Waals surface area (Å²) in [7, 11) is 5.65. The van der Waals surface area contributed by atoms with Crippen molar-refractivity contribution in [2.45, 2.75) is 12.5 Å². The average Bonchev–Trinajstić information content (AvgIpc) is 2.92. The van der Waals surface area contributed by atoms with Gasteiger partial charge in [-0.15, -0.1) is 24.0 Å². The number of fused-ring (bicyclic) bond motifs is 1. The molecule has 0 bridgehead atoms. The smallest absolute Gasteiger partial charge is 0.195 e. The average molecular weight is 514 g/mol. The first-order valence-electron chi connectivity index (χ1n) is 9.36. The van der Waals surface area contributed by atoms with E-state index in [1.165, 1.54) is 6.07 Å². The molecule has 1 aliphatic rings. The highest BCUT2D eigenvalue weighted by atomic mass is 127. The summed E-state index contributed by atoms with van der Waals surface area (Å²) >= 11 is 0. The zero-order valence-corrected chi connectivity index (χ0v) is 19.3. The van der Waals surface area contributed by atoms with Gasteiger partial charge in [-0.2, -0.15) is 0 Å². The van der Waals surface area contributed by atoms with E-state index < -0.39 is 0 Å². The second kappa shape index (κ2) is 11.2. The molecule has 1 aliphatic heterocycles. The van der Waals surface area contributed by atoms with Gasteiger partial charge in [0.15, 0.2) is 17.5 Å². The topological polar surface area (TPSA) is 58.1 Å². The highest BCUT2D eigenvalue weighted by Gasteiger charge is 2.16. The maximum absolute atomic E-state index is 13.6. The number of anilines is 1. The summed E-state index contributed by atoms with van der Waals surface area (Å²) in [6.45, 7) is 1.87. The van der Waals surface area contributed by atoms with Crippen molar-refractivity contribution < 1.29 is 13.9 Å². The number of nitrogens with zero attached hydrogens (tertiary/aromatic N) is 2. The lowest BCUT2D eigenvalue weighted by Gasteiger charge is -2.26. The van der Waals surface area contributed by atoms with E-state index in [1.54, 1.807) is 19.2 Å². The van der Waals surface area contributed by atoms with Crippen molar-refractivity contribution in [3.63, 3.8) is 0 Å². The van der Waals surface area contributed by atoms with Crippen LogP contribution in [0.25, 0.3) is 0 Å². The van der Waals surface area contributed by atoms with Crippen molar-refractivity contribution in [1.29, 1.82) is 0 Å². The molecule has 3 rings (SSSR count). The molecule has 2 aromatic carbocycles. The molecule has 6 nitrogen and oxygen atoms in total. The number of likely N-dealkylation sites (N-methyl/N-ethyl adjacent to an activating group) is 1. The number of hydrogen-bond donors (Lipinski definition) is 2. The molecule has 1 atom stereocenters. The lowest BCUT2D eigenvalue weighted by molar-refractivity contribution is 0.297. The molecule has 0 spiro atoms. The van der Waals surface area contributed by atoms with Crippen LogP contribution in [0.15, 0.2) is 47.5 Å². The van der Waals surface area contributed by atoms with Crippen molar-refractivity contribution in [3.05, 3.63) is 53.8 Å². The molecule has 0 aliphatic carbocycles. The Morgan fingerprint density at radius 3 is 2.59 bits per heavy atom. The van der Waals surface area contributed by atoms with Crippen LogP contribution in [0, 0.1) is 5.82 Å². The van der Waals surface area contributed by atoms with E-state index in [0.717, 1.165) is 29.2 Å². The van der Waals surface area contributed by atoms with Gasteiger partial charge in [0.05, 0.1) is 19.3 Å². The first kappa shape index (κ1) is 23.2. The standard InChI is InChI=1S/C21H27FN4O2.HI/c1-23-21(24-14-18(26(2)3)15-6-4-7-16(22)12-15)25-17-8-9-19-20(13-17)28-11-5-10-27-19;/h4,6-9,12-13,18H,5,10-11,14H2,1-3H3,(H2,23,24,25);1H. The van der Waals surface area contributed by atoms with E-state index in [9.17, 15) is 4.39 Å². The van der Waals surface area contributed by atoms with E-state index in [1.807, 2.05) is 43.3 Å². The fraction of sp³-hybridized carbons (Fsp3) is 0.381. The highest BCUT2D eigenvalue weighted by molar-refractivity contribution is 14.0. The molecule has 0 aromatic heterocycles. The molecule has 1 unspecified atom stereocenters. The van der Waals surface area contributed by atoms with Gasteiger partial charge >= 0.3 is 0 Å². The maximum atomic E-state index is 13.6. The largest absolute Gasteiger partial charge is 0.490 e. The minimum atomic E-state index is -0.237.